The number of fused-ring (bicyclic) bond motifs is 2. The van der Waals surface area contributed by atoms with Crippen molar-refractivity contribution in [2.75, 3.05) is 23.4 Å². The number of H-pyrrole nitrogens is 2. The van der Waals surface area contributed by atoms with E-state index in [1.165, 1.54) is 4.90 Å². The summed E-state index contributed by atoms with van der Waals surface area (Å²) in [5, 5.41) is 2.73. The second kappa shape index (κ2) is 5.82. The van der Waals surface area contributed by atoms with Crippen LogP contribution in [0.25, 0.3) is 11.0 Å². The molecule has 2 aromatic carbocycles. The van der Waals surface area contributed by atoms with Crippen molar-refractivity contribution in [2.45, 2.75) is 0 Å². The molecule has 0 unspecified atom stereocenters. The van der Waals surface area contributed by atoms with Gasteiger partial charge in [-0.25, -0.2) is 4.79 Å². The minimum absolute atomic E-state index is 0.0964. The molecule has 8 nitrogen and oxygen atoms in total. The number of carbonyl (C=O) groups is 2. The molecule has 2 heterocycles. The van der Waals surface area contributed by atoms with E-state index in [-0.39, 0.29) is 30.7 Å². The van der Waals surface area contributed by atoms with E-state index in [2.05, 4.69) is 15.3 Å². The fraction of sp³-hybridized carbons (Fsp3) is 0.118. The molecule has 3 N–H and O–H groups in total. The van der Waals surface area contributed by atoms with E-state index in [9.17, 15) is 14.4 Å². The van der Waals surface area contributed by atoms with E-state index in [1.54, 1.807) is 42.5 Å². The lowest BCUT2D eigenvalue weighted by Crippen LogP contribution is -2.43. The Hall–Kier alpha value is -3.55. The van der Waals surface area contributed by atoms with Crippen molar-refractivity contribution in [3.8, 4) is 5.75 Å². The average molecular weight is 338 g/mol. The van der Waals surface area contributed by atoms with Crippen LogP contribution in [0.15, 0.2) is 47.3 Å². The van der Waals surface area contributed by atoms with Gasteiger partial charge < -0.3 is 20.0 Å². The number of ether oxygens (including phenoxy) is 1. The molecule has 0 radical (unpaired) electrons. The van der Waals surface area contributed by atoms with Crippen LogP contribution in [0.3, 0.4) is 0 Å². The summed E-state index contributed by atoms with van der Waals surface area (Å²) in [7, 11) is 0. The molecule has 0 spiro atoms. The number of benzene rings is 2. The number of aromatic amines is 2. The first-order valence-corrected chi connectivity index (χ1v) is 7.64. The van der Waals surface area contributed by atoms with Gasteiger partial charge in [-0.15, -0.1) is 0 Å². The van der Waals surface area contributed by atoms with E-state index in [0.717, 1.165) is 0 Å². The minimum atomic E-state index is -0.345. The molecular formula is C17H14N4O4. The predicted octanol–water partition coefficient (Wildman–Crippen LogP) is 1.22. The molecule has 1 aliphatic rings. The molecule has 3 aromatic rings. The van der Waals surface area contributed by atoms with Gasteiger partial charge in [0.05, 0.1) is 16.7 Å². The van der Waals surface area contributed by atoms with Crippen LogP contribution in [0.5, 0.6) is 5.75 Å². The normalized spacial score (nSPS) is 13.4. The summed E-state index contributed by atoms with van der Waals surface area (Å²) < 4.78 is 5.36. The van der Waals surface area contributed by atoms with E-state index in [0.29, 0.717) is 28.2 Å². The number of para-hydroxylation sites is 2. The number of imidazole rings is 1. The highest BCUT2D eigenvalue weighted by Crippen LogP contribution is 2.31. The van der Waals surface area contributed by atoms with E-state index < -0.39 is 0 Å². The predicted molar refractivity (Wildman–Crippen MR) is 91.8 cm³/mol. The van der Waals surface area contributed by atoms with E-state index in [1.807, 2.05) is 0 Å². The van der Waals surface area contributed by atoms with Gasteiger partial charge in [0.2, 0.25) is 5.91 Å². The Balaban J connectivity index is 1.53. The van der Waals surface area contributed by atoms with E-state index in [4.69, 9.17) is 4.74 Å². The summed E-state index contributed by atoms with van der Waals surface area (Å²) in [6, 6.07) is 12.1. The van der Waals surface area contributed by atoms with Gasteiger partial charge in [-0.05, 0) is 30.3 Å². The summed E-state index contributed by atoms with van der Waals surface area (Å²) >= 11 is 0. The van der Waals surface area contributed by atoms with Crippen LogP contribution in [-0.2, 0) is 9.59 Å². The zero-order valence-electron chi connectivity index (χ0n) is 13.0. The smallest absolute Gasteiger partial charge is 0.323 e. The molecule has 0 fully saturated rings. The Labute approximate surface area is 141 Å². The van der Waals surface area contributed by atoms with E-state index >= 15 is 0 Å². The monoisotopic (exact) mass is 338 g/mol. The number of hydrogen-bond donors (Lipinski definition) is 3. The summed E-state index contributed by atoms with van der Waals surface area (Å²) in [6.45, 7) is -0.220. The van der Waals surface area contributed by atoms with Crippen LogP contribution >= 0.6 is 0 Å². The van der Waals surface area contributed by atoms with Gasteiger partial charge in [-0.2, -0.15) is 0 Å². The van der Waals surface area contributed by atoms with Gasteiger partial charge in [0, 0.05) is 5.69 Å². The van der Waals surface area contributed by atoms with Crippen molar-refractivity contribution in [3.63, 3.8) is 0 Å². The maximum absolute atomic E-state index is 12.4. The van der Waals surface area contributed by atoms with Crippen molar-refractivity contribution in [3.05, 3.63) is 52.9 Å². The number of aromatic nitrogens is 2. The van der Waals surface area contributed by atoms with Crippen LogP contribution in [0.2, 0.25) is 0 Å². The van der Waals surface area contributed by atoms with Crippen LogP contribution in [-0.4, -0.2) is 34.9 Å². The summed E-state index contributed by atoms with van der Waals surface area (Å²) in [5.74, 6) is -0.0530. The highest BCUT2D eigenvalue weighted by Gasteiger charge is 2.26. The molecule has 1 aromatic heterocycles. The summed E-state index contributed by atoms with van der Waals surface area (Å²) in [6.07, 6.45) is 0. The molecule has 8 heteroatoms. The molecule has 0 aliphatic carbocycles. The molecule has 25 heavy (non-hydrogen) atoms. The molecule has 2 amide bonds. The third-order valence-electron chi connectivity index (χ3n) is 3.91. The third-order valence-corrected chi connectivity index (χ3v) is 3.91. The number of hydrogen-bond acceptors (Lipinski definition) is 4. The summed E-state index contributed by atoms with van der Waals surface area (Å²) in [4.78, 5) is 42.4. The Bertz CT molecular complexity index is 1040. The highest BCUT2D eigenvalue weighted by atomic mass is 16.5. The molecule has 0 saturated heterocycles. The molecule has 0 atom stereocenters. The third kappa shape index (κ3) is 2.85. The number of nitrogens with one attached hydrogen (secondary N) is 3. The van der Waals surface area contributed by atoms with Gasteiger partial charge in [-0.3, -0.25) is 14.5 Å². The van der Waals surface area contributed by atoms with Crippen LogP contribution in [0.1, 0.15) is 0 Å². The largest absolute Gasteiger partial charge is 0.482 e. The molecule has 0 bridgehead atoms. The fourth-order valence-electron chi connectivity index (χ4n) is 2.78. The number of rotatable bonds is 3. The maximum atomic E-state index is 12.4. The Morgan fingerprint density at radius 2 is 1.92 bits per heavy atom. The van der Waals surface area contributed by atoms with Crippen molar-refractivity contribution in [1.82, 2.24) is 9.97 Å². The molecule has 126 valence electrons. The summed E-state index contributed by atoms with van der Waals surface area (Å²) in [5.41, 5.74) is 2.03. The Morgan fingerprint density at radius 3 is 2.80 bits per heavy atom. The quantitative estimate of drug-likeness (QED) is 0.667. The van der Waals surface area contributed by atoms with Crippen molar-refractivity contribution in [1.29, 1.82) is 0 Å². The molecule has 0 saturated carbocycles. The van der Waals surface area contributed by atoms with Crippen molar-refractivity contribution >= 4 is 34.2 Å². The maximum Gasteiger partial charge on any atom is 0.323 e. The highest BCUT2D eigenvalue weighted by molar-refractivity contribution is 6.05. The van der Waals surface area contributed by atoms with Crippen molar-refractivity contribution < 1.29 is 14.3 Å². The van der Waals surface area contributed by atoms with Gasteiger partial charge in [0.1, 0.15) is 12.3 Å². The number of nitrogens with zero attached hydrogens (tertiary/aromatic N) is 1. The number of amides is 2. The Morgan fingerprint density at radius 1 is 1.12 bits per heavy atom. The lowest BCUT2D eigenvalue weighted by atomic mass is 10.2. The standard InChI is InChI=1S/C17H14N4O4/c22-15(18-10-5-6-11-12(7-10)20-17(24)19-11)8-21-13-3-1-2-4-14(13)25-9-16(21)23/h1-7H,8-9H2,(H,18,22)(H2,19,20,24). The molecule has 1 aliphatic heterocycles. The van der Waals surface area contributed by atoms with Gasteiger partial charge in [0.25, 0.3) is 5.91 Å². The SMILES string of the molecule is O=C(CN1C(=O)COc2ccccc21)Nc1ccc2[nH]c(=O)[nH]c2c1. The first-order valence-electron chi connectivity index (χ1n) is 7.64. The second-order valence-electron chi connectivity index (χ2n) is 5.62. The first-order chi connectivity index (χ1) is 12.1. The van der Waals surface area contributed by atoms with Crippen LogP contribution < -0.4 is 20.6 Å². The Kier molecular flexibility index (Phi) is 3.50. The second-order valence-corrected chi connectivity index (χ2v) is 5.62. The van der Waals surface area contributed by atoms with Gasteiger partial charge in [-0.1, -0.05) is 12.1 Å². The minimum Gasteiger partial charge on any atom is -0.482 e. The van der Waals surface area contributed by atoms with Gasteiger partial charge in [0.15, 0.2) is 6.61 Å². The van der Waals surface area contributed by atoms with Crippen molar-refractivity contribution in [2.24, 2.45) is 0 Å². The lowest BCUT2D eigenvalue weighted by molar-refractivity contribution is -0.123. The number of anilines is 2. The zero-order valence-corrected chi connectivity index (χ0v) is 13.0. The van der Waals surface area contributed by atoms with Crippen LogP contribution in [0, 0.1) is 0 Å². The fourth-order valence-corrected chi connectivity index (χ4v) is 2.78. The molecule has 4 rings (SSSR count). The zero-order chi connectivity index (χ0) is 17.4. The van der Waals surface area contributed by atoms with Crippen LogP contribution in [0.4, 0.5) is 11.4 Å². The topological polar surface area (TPSA) is 107 Å². The average Bonchev–Trinajstić information content (AvgIpc) is 2.97. The number of carbonyl (C=O) groups excluding carboxylic acids is 2. The first kappa shape index (κ1) is 15.0. The molecular weight excluding hydrogens is 324 g/mol. The van der Waals surface area contributed by atoms with Gasteiger partial charge >= 0.3 is 5.69 Å². The lowest BCUT2D eigenvalue weighted by Gasteiger charge is -2.28.